The van der Waals surface area contributed by atoms with Crippen molar-refractivity contribution in [2.75, 3.05) is 6.26 Å². The fourth-order valence-corrected chi connectivity index (χ4v) is 3.56. The second-order valence-corrected chi connectivity index (χ2v) is 8.49. The van der Waals surface area contributed by atoms with E-state index in [1.165, 1.54) is 36.8 Å². The number of halogens is 1. The molecule has 2 aromatic carbocycles. The van der Waals surface area contributed by atoms with Crippen LogP contribution in [0.5, 0.6) is 0 Å². The number of nitrogens with zero attached hydrogens (tertiary/aromatic N) is 2. The lowest BCUT2D eigenvalue weighted by molar-refractivity contribution is 0.100. The van der Waals surface area contributed by atoms with Gasteiger partial charge in [0.1, 0.15) is 5.82 Å². The van der Waals surface area contributed by atoms with E-state index in [2.05, 4.69) is 21.2 Å². The topological polar surface area (TPSA) is 59.4 Å². The number of hydrogen-bond donors (Lipinski definition) is 0. The van der Waals surface area contributed by atoms with E-state index in [4.69, 9.17) is 0 Å². The van der Waals surface area contributed by atoms with Crippen LogP contribution in [-0.2, 0) is 9.73 Å². The Morgan fingerprint density at radius 1 is 1.04 bits per heavy atom. The first-order chi connectivity index (χ1) is 13.3. The normalized spacial score (nSPS) is 12.4. The van der Waals surface area contributed by atoms with Crippen molar-refractivity contribution in [1.29, 1.82) is 0 Å². The van der Waals surface area contributed by atoms with Crippen molar-refractivity contribution in [3.05, 3.63) is 95.1 Å². The Bertz CT molecular complexity index is 1220. The maximum absolute atomic E-state index is 13.2. The van der Waals surface area contributed by atoms with Crippen LogP contribution in [0.2, 0.25) is 0 Å². The average Bonchev–Trinajstić information content (AvgIpc) is 2.67. The van der Waals surface area contributed by atoms with E-state index >= 15 is 0 Å². The van der Waals surface area contributed by atoms with Gasteiger partial charge in [0.2, 0.25) is 0 Å². The van der Waals surface area contributed by atoms with Crippen LogP contribution in [0.3, 0.4) is 0 Å². The molecule has 0 spiro atoms. The van der Waals surface area contributed by atoms with Crippen molar-refractivity contribution in [3.63, 3.8) is 0 Å². The van der Waals surface area contributed by atoms with Crippen molar-refractivity contribution < 1.29 is 13.4 Å². The molecule has 0 aliphatic carbocycles. The summed E-state index contributed by atoms with van der Waals surface area (Å²) in [5.41, 5.74) is 2.20. The van der Waals surface area contributed by atoms with E-state index in [0.717, 1.165) is 5.56 Å². The van der Waals surface area contributed by atoms with Crippen LogP contribution in [-0.4, -0.2) is 21.4 Å². The maximum atomic E-state index is 13.2. The lowest BCUT2D eigenvalue weighted by atomic mass is 10.1. The Labute approximate surface area is 163 Å². The second-order valence-electron chi connectivity index (χ2n) is 6.23. The zero-order chi connectivity index (χ0) is 20.1. The van der Waals surface area contributed by atoms with Gasteiger partial charge in [-0.1, -0.05) is 35.6 Å². The van der Waals surface area contributed by atoms with E-state index in [0.29, 0.717) is 16.0 Å². The first kappa shape index (κ1) is 19.5. The van der Waals surface area contributed by atoms with E-state index in [-0.39, 0.29) is 11.4 Å². The number of benzene rings is 2. The Morgan fingerprint density at radius 2 is 1.75 bits per heavy atom. The van der Waals surface area contributed by atoms with Gasteiger partial charge in [0, 0.05) is 34.7 Å². The highest BCUT2D eigenvalue weighted by molar-refractivity contribution is 7.93. The molecule has 0 saturated carbocycles. The van der Waals surface area contributed by atoms with Gasteiger partial charge in [-0.2, -0.15) is 4.36 Å². The molecule has 28 heavy (non-hydrogen) atoms. The second kappa shape index (κ2) is 8.15. The lowest BCUT2D eigenvalue weighted by Gasteiger charge is -2.04. The zero-order valence-corrected chi connectivity index (χ0v) is 16.2. The van der Waals surface area contributed by atoms with E-state index < -0.39 is 15.6 Å². The van der Waals surface area contributed by atoms with E-state index in [1.807, 2.05) is 19.1 Å². The quantitative estimate of drug-likeness (QED) is 0.614. The number of pyridine rings is 1. The summed E-state index contributed by atoms with van der Waals surface area (Å²) < 4.78 is 30.0. The average molecular weight is 392 g/mol. The first-order valence-electron chi connectivity index (χ1n) is 8.39. The van der Waals surface area contributed by atoms with E-state index in [9.17, 15) is 13.4 Å². The molecular weight excluding hydrogens is 375 g/mol. The Hall–Kier alpha value is -3.30. The molecule has 0 aliphatic heterocycles. The minimum atomic E-state index is -2.88. The summed E-state index contributed by atoms with van der Waals surface area (Å²) in [6.07, 6.45) is 4.27. The third-order valence-electron chi connectivity index (χ3n) is 3.88. The van der Waals surface area contributed by atoms with Gasteiger partial charge in [0.25, 0.3) is 5.91 Å². The lowest BCUT2D eigenvalue weighted by Crippen LogP contribution is -2.04. The highest BCUT2D eigenvalue weighted by atomic mass is 32.2. The number of carbonyl (C=O) groups is 1. The molecule has 0 aliphatic rings. The SMILES string of the molecule is Cc1ccc(S(C)(=O)=NC(=O)c2cncc(C#Cc3cccc(F)c3)c2)cc1. The molecule has 0 saturated heterocycles. The third-order valence-corrected chi connectivity index (χ3v) is 5.54. The molecule has 1 heterocycles. The summed E-state index contributed by atoms with van der Waals surface area (Å²) in [4.78, 5) is 17.0. The standard InChI is InChI=1S/C22H17FN2O2S/c1-16-6-10-21(11-7-16)28(2,27)25-22(26)19-12-18(14-24-15-19)9-8-17-4-3-5-20(23)13-17/h3-7,10-15H,1-2H3. The van der Waals surface area contributed by atoms with Gasteiger partial charge in [-0.3, -0.25) is 9.78 Å². The molecule has 6 heteroatoms. The van der Waals surface area contributed by atoms with Crippen molar-refractivity contribution in [1.82, 2.24) is 4.98 Å². The van der Waals surface area contributed by atoms with Crippen LogP contribution >= 0.6 is 0 Å². The number of aromatic nitrogens is 1. The molecule has 0 bridgehead atoms. The molecular formula is C22H17FN2O2S. The van der Waals surface area contributed by atoms with Crippen molar-refractivity contribution >= 4 is 15.6 Å². The van der Waals surface area contributed by atoms with Crippen LogP contribution < -0.4 is 0 Å². The van der Waals surface area contributed by atoms with Crippen LogP contribution in [0.4, 0.5) is 4.39 Å². The van der Waals surface area contributed by atoms with Gasteiger partial charge in [0.15, 0.2) is 0 Å². The van der Waals surface area contributed by atoms with Crippen LogP contribution in [0, 0.1) is 24.6 Å². The fourth-order valence-electron chi connectivity index (χ4n) is 2.39. The molecule has 0 N–H and O–H groups in total. The molecule has 140 valence electrons. The van der Waals surface area contributed by atoms with Crippen molar-refractivity contribution in [3.8, 4) is 11.8 Å². The van der Waals surface area contributed by atoms with Gasteiger partial charge >= 0.3 is 0 Å². The summed E-state index contributed by atoms with van der Waals surface area (Å²) in [6.45, 7) is 1.92. The third kappa shape index (κ3) is 4.90. The Morgan fingerprint density at radius 3 is 2.46 bits per heavy atom. The van der Waals surface area contributed by atoms with Crippen molar-refractivity contribution in [2.24, 2.45) is 4.36 Å². The molecule has 3 aromatic rings. The highest BCUT2D eigenvalue weighted by Crippen LogP contribution is 2.14. The van der Waals surface area contributed by atoms with Gasteiger partial charge in [-0.15, -0.1) is 0 Å². The zero-order valence-electron chi connectivity index (χ0n) is 15.3. The summed E-state index contributed by atoms with van der Waals surface area (Å²) >= 11 is 0. The Balaban J connectivity index is 1.88. The molecule has 1 aromatic heterocycles. The molecule has 3 rings (SSSR count). The van der Waals surface area contributed by atoms with Gasteiger partial charge < -0.3 is 0 Å². The summed E-state index contributed by atoms with van der Waals surface area (Å²) in [6, 6.07) is 14.5. The fraction of sp³-hybridized carbons (Fsp3) is 0.0909. The monoisotopic (exact) mass is 392 g/mol. The summed E-state index contributed by atoms with van der Waals surface area (Å²) in [5.74, 6) is 4.66. The van der Waals surface area contributed by atoms with E-state index in [1.54, 1.807) is 24.3 Å². The predicted molar refractivity (Wildman–Crippen MR) is 107 cm³/mol. The predicted octanol–water partition coefficient (Wildman–Crippen LogP) is 4.23. The van der Waals surface area contributed by atoms with Crippen molar-refractivity contribution in [2.45, 2.75) is 11.8 Å². The Kier molecular flexibility index (Phi) is 5.67. The van der Waals surface area contributed by atoms with Gasteiger partial charge in [-0.05, 0) is 43.3 Å². The van der Waals surface area contributed by atoms with Gasteiger partial charge in [0.05, 0.1) is 15.3 Å². The molecule has 0 radical (unpaired) electrons. The smallest absolute Gasteiger partial charge is 0.266 e. The molecule has 1 atom stereocenters. The minimum absolute atomic E-state index is 0.188. The number of carbonyl (C=O) groups excluding carboxylic acids is 1. The highest BCUT2D eigenvalue weighted by Gasteiger charge is 2.12. The van der Waals surface area contributed by atoms with Gasteiger partial charge in [-0.25, -0.2) is 8.60 Å². The number of amides is 1. The maximum Gasteiger partial charge on any atom is 0.286 e. The largest absolute Gasteiger partial charge is 0.286 e. The summed E-state index contributed by atoms with van der Waals surface area (Å²) in [5, 5.41) is 0. The summed E-state index contributed by atoms with van der Waals surface area (Å²) in [7, 11) is -2.88. The molecule has 1 unspecified atom stereocenters. The van der Waals surface area contributed by atoms with Crippen LogP contribution in [0.25, 0.3) is 0 Å². The molecule has 4 nitrogen and oxygen atoms in total. The minimum Gasteiger partial charge on any atom is -0.266 e. The van der Waals surface area contributed by atoms with Crippen LogP contribution in [0.1, 0.15) is 27.0 Å². The first-order valence-corrected chi connectivity index (χ1v) is 10.3. The van der Waals surface area contributed by atoms with Crippen LogP contribution in [0.15, 0.2) is 76.2 Å². The molecule has 1 amide bonds. The number of hydrogen-bond acceptors (Lipinski definition) is 3. The number of aryl methyl sites for hydroxylation is 1. The number of rotatable bonds is 2. The molecule has 0 fully saturated rings.